The molecule has 2 aromatic rings. The van der Waals surface area contributed by atoms with Gasteiger partial charge in [0, 0.05) is 45.4 Å². The number of aliphatic hydroxyl groups excluding tert-OH is 1. The summed E-state index contributed by atoms with van der Waals surface area (Å²) in [5.41, 5.74) is 0.224. The molecular formula is C28H41N5O9S2. The Kier molecular flexibility index (Phi) is 10.3. The van der Waals surface area contributed by atoms with E-state index in [4.69, 9.17) is 18.9 Å². The van der Waals surface area contributed by atoms with Crippen LogP contribution in [0.1, 0.15) is 19.3 Å². The largest absolute Gasteiger partial charge is 0.491 e. The zero-order valence-electron chi connectivity index (χ0n) is 25.0. The highest BCUT2D eigenvalue weighted by molar-refractivity contribution is 7.89. The third-order valence-corrected chi connectivity index (χ3v) is 11.5. The first-order chi connectivity index (χ1) is 21.0. The van der Waals surface area contributed by atoms with Gasteiger partial charge in [-0.25, -0.2) is 26.5 Å². The molecule has 2 atom stereocenters. The van der Waals surface area contributed by atoms with E-state index in [-0.39, 0.29) is 29.0 Å². The van der Waals surface area contributed by atoms with Crippen molar-refractivity contribution in [1.29, 1.82) is 0 Å². The first-order valence-corrected chi connectivity index (χ1v) is 17.6. The molecule has 3 aliphatic heterocycles. The molecule has 0 radical (unpaired) electrons. The summed E-state index contributed by atoms with van der Waals surface area (Å²) in [6.07, 6.45) is 2.35. The van der Waals surface area contributed by atoms with E-state index < -0.39 is 31.8 Å². The number of nitrogens with zero attached hydrogens (tertiary/aromatic N) is 3. The maximum absolute atomic E-state index is 13.6. The molecule has 5 rings (SSSR count). The van der Waals surface area contributed by atoms with Crippen molar-refractivity contribution in [1.82, 2.24) is 19.3 Å². The van der Waals surface area contributed by atoms with Gasteiger partial charge in [-0.1, -0.05) is 6.07 Å². The molecule has 0 amide bonds. The van der Waals surface area contributed by atoms with Gasteiger partial charge in [-0.2, -0.15) is 4.31 Å². The fraction of sp³-hybridized carbons (Fsp3) is 0.607. The summed E-state index contributed by atoms with van der Waals surface area (Å²) in [6, 6.07) is 7.71. The topological polar surface area (TPSA) is 169 Å². The Bertz CT molecular complexity index is 1500. The summed E-state index contributed by atoms with van der Waals surface area (Å²) in [7, 11) is -4.39. The summed E-state index contributed by atoms with van der Waals surface area (Å²) in [5.74, 6) is 0.765. The van der Waals surface area contributed by atoms with E-state index >= 15 is 0 Å². The third-order valence-electron chi connectivity index (χ3n) is 8.26. The second kappa shape index (κ2) is 13.8. The van der Waals surface area contributed by atoms with Gasteiger partial charge < -0.3 is 34.3 Å². The Balaban J connectivity index is 1.10. The lowest BCUT2D eigenvalue weighted by Crippen LogP contribution is -2.47. The summed E-state index contributed by atoms with van der Waals surface area (Å²) >= 11 is 0. The molecule has 1 aromatic heterocycles. The lowest BCUT2D eigenvalue weighted by Gasteiger charge is -2.38. The number of nitrogens with one attached hydrogen (secondary N) is 2. The monoisotopic (exact) mass is 655 g/mol. The number of hydrogen-bond donors (Lipinski definition) is 3. The number of piperidine rings is 1. The molecule has 1 spiro atoms. The molecule has 14 nitrogen and oxygen atoms in total. The molecule has 44 heavy (non-hydrogen) atoms. The van der Waals surface area contributed by atoms with Gasteiger partial charge in [0.1, 0.15) is 35.7 Å². The lowest BCUT2D eigenvalue weighted by atomic mass is 9.88. The fourth-order valence-corrected chi connectivity index (χ4v) is 7.89. The highest BCUT2D eigenvalue weighted by Crippen LogP contribution is 2.38. The van der Waals surface area contributed by atoms with Gasteiger partial charge in [-0.05, 0) is 44.5 Å². The van der Waals surface area contributed by atoms with Gasteiger partial charge in [0.2, 0.25) is 25.9 Å². The van der Waals surface area contributed by atoms with Crippen molar-refractivity contribution in [2.24, 2.45) is 0 Å². The molecule has 3 N–H and O–H groups in total. The van der Waals surface area contributed by atoms with Crippen LogP contribution in [0.5, 0.6) is 11.6 Å². The van der Waals surface area contributed by atoms with Crippen LogP contribution in [0.25, 0.3) is 0 Å². The van der Waals surface area contributed by atoms with E-state index in [1.165, 1.54) is 29.7 Å². The Labute approximate surface area is 258 Å². The van der Waals surface area contributed by atoms with Gasteiger partial charge in [-0.15, -0.1) is 0 Å². The Morgan fingerprint density at radius 1 is 1.16 bits per heavy atom. The first kappa shape index (κ1) is 32.8. The van der Waals surface area contributed by atoms with Crippen molar-refractivity contribution in [3.8, 4) is 11.6 Å². The van der Waals surface area contributed by atoms with E-state index in [9.17, 15) is 21.9 Å². The van der Waals surface area contributed by atoms with Crippen molar-refractivity contribution in [2.45, 2.75) is 46.8 Å². The minimum Gasteiger partial charge on any atom is -0.491 e. The molecule has 0 aliphatic carbocycles. The lowest BCUT2D eigenvalue weighted by molar-refractivity contribution is -0.0312. The van der Waals surface area contributed by atoms with E-state index in [0.29, 0.717) is 82.6 Å². The zero-order chi connectivity index (χ0) is 31.4. The fourth-order valence-electron chi connectivity index (χ4n) is 5.72. The number of aromatic nitrogens is 1. The van der Waals surface area contributed by atoms with Crippen LogP contribution < -0.4 is 24.4 Å². The number of sulfonamides is 2. The van der Waals surface area contributed by atoms with E-state index in [2.05, 4.69) is 15.0 Å². The summed E-state index contributed by atoms with van der Waals surface area (Å²) < 4.78 is 77.5. The number of hydrogen-bond acceptors (Lipinski definition) is 12. The summed E-state index contributed by atoms with van der Waals surface area (Å²) in [6.45, 7) is 3.57. The normalized spacial score (nSPS) is 21.2. The average molecular weight is 656 g/mol. The van der Waals surface area contributed by atoms with Crippen molar-refractivity contribution in [3.63, 3.8) is 0 Å². The third kappa shape index (κ3) is 7.45. The average Bonchev–Trinajstić information content (AvgIpc) is 3.43. The molecule has 1 aromatic carbocycles. The quantitative estimate of drug-likeness (QED) is 0.268. The number of anilines is 1. The first-order valence-electron chi connectivity index (χ1n) is 14.6. The highest BCUT2D eigenvalue weighted by Gasteiger charge is 2.45. The Hall–Kier alpha value is -2.57. The second-order valence-electron chi connectivity index (χ2n) is 11.2. The van der Waals surface area contributed by atoms with Crippen LogP contribution >= 0.6 is 0 Å². The Morgan fingerprint density at radius 2 is 1.95 bits per heavy atom. The number of aliphatic hydroxyl groups is 1. The SMILES string of the molecule is CNS(=O)(=O)c1cccc(OC[C@@H](O)CNC2COC3(CCN(S(=O)(=O)c4cnc5c(c4)N(CCOC)CCO5)CC3)C2)c1. The molecule has 2 fully saturated rings. The predicted molar refractivity (Wildman–Crippen MR) is 161 cm³/mol. The molecule has 4 heterocycles. The van der Waals surface area contributed by atoms with Crippen LogP contribution in [-0.2, 0) is 29.5 Å². The van der Waals surface area contributed by atoms with Crippen LogP contribution in [0, 0.1) is 0 Å². The van der Waals surface area contributed by atoms with Crippen LogP contribution in [-0.4, -0.2) is 122 Å². The van der Waals surface area contributed by atoms with E-state index in [0.717, 1.165) is 0 Å². The highest BCUT2D eigenvalue weighted by atomic mass is 32.2. The minimum absolute atomic E-state index is 0.000152. The molecule has 2 saturated heterocycles. The maximum atomic E-state index is 13.6. The number of pyridine rings is 1. The maximum Gasteiger partial charge on any atom is 0.244 e. The van der Waals surface area contributed by atoms with E-state index in [1.807, 2.05) is 4.90 Å². The van der Waals surface area contributed by atoms with Crippen LogP contribution in [0.4, 0.5) is 5.69 Å². The number of rotatable bonds is 13. The standard InChI is InChI=1S/C28H41N5O9S2/c1-29-43(35,36)24-5-3-4-23(14-24)41-20-22(34)17-30-21-16-28(42-19-21)6-8-33(9-7-28)44(37,38)25-15-26-27(31-18-25)40-13-11-32(26)10-12-39-2/h3-5,14-15,18,21-22,29-30,34H,6-13,16-17,19-20H2,1-2H3/t21?,22-/m0/s1. The molecule has 3 aliphatic rings. The molecule has 1 unspecified atom stereocenters. The van der Waals surface area contributed by atoms with Crippen LogP contribution in [0.3, 0.4) is 0 Å². The number of benzene rings is 1. The molecule has 0 bridgehead atoms. The van der Waals surface area contributed by atoms with Crippen molar-refractivity contribution < 1.29 is 40.9 Å². The van der Waals surface area contributed by atoms with Gasteiger partial charge in [0.05, 0.1) is 36.5 Å². The van der Waals surface area contributed by atoms with Crippen LogP contribution in [0.2, 0.25) is 0 Å². The molecular weight excluding hydrogens is 614 g/mol. The number of ether oxygens (including phenoxy) is 4. The second-order valence-corrected chi connectivity index (χ2v) is 15.0. The van der Waals surface area contributed by atoms with Gasteiger partial charge in [0.25, 0.3) is 0 Å². The molecule has 244 valence electrons. The van der Waals surface area contributed by atoms with Crippen molar-refractivity contribution >= 4 is 25.7 Å². The van der Waals surface area contributed by atoms with Crippen LogP contribution in [0.15, 0.2) is 46.3 Å². The van der Waals surface area contributed by atoms with E-state index in [1.54, 1.807) is 25.3 Å². The Morgan fingerprint density at radius 3 is 2.70 bits per heavy atom. The van der Waals surface area contributed by atoms with Crippen molar-refractivity contribution in [2.75, 3.05) is 78.2 Å². The minimum atomic E-state index is -3.76. The van der Waals surface area contributed by atoms with Gasteiger partial charge in [-0.3, -0.25) is 0 Å². The summed E-state index contributed by atoms with van der Waals surface area (Å²) in [4.78, 5) is 6.54. The predicted octanol–water partition coefficient (Wildman–Crippen LogP) is 0.177. The van der Waals surface area contributed by atoms with Crippen molar-refractivity contribution in [3.05, 3.63) is 36.5 Å². The molecule has 16 heteroatoms. The number of methoxy groups -OCH3 is 1. The zero-order valence-corrected chi connectivity index (χ0v) is 26.6. The van der Waals surface area contributed by atoms with Gasteiger partial charge >= 0.3 is 0 Å². The smallest absolute Gasteiger partial charge is 0.244 e. The molecule has 0 saturated carbocycles. The summed E-state index contributed by atoms with van der Waals surface area (Å²) in [5, 5.41) is 13.8. The number of fused-ring (bicyclic) bond motifs is 1. The van der Waals surface area contributed by atoms with Gasteiger partial charge in [0.15, 0.2) is 0 Å².